The quantitative estimate of drug-likeness (QED) is 0.794. The highest BCUT2D eigenvalue weighted by atomic mass is 16.5. The summed E-state index contributed by atoms with van der Waals surface area (Å²) in [6, 6.07) is 7.36. The molecule has 0 saturated carbocycles. The minimum atomic E-state index is 0.178. The van der Waals surface area contributed by atoms with Crippen LogP contribution in [0, 0.1) is 6.92 Å². The number of rotatable bonds is 8. The topological polar surface area (TPSA) is 38.5 Å². The first kappa shape index (κ1) is 17.0. The van der Waals surface area contributed by atoms with Gasteiger partial charge in [0.1, 0.15) is 0 Å². The van der Waals surface area contributed by atoms with Gasteiger partial charge in [-0.05, 0) is 45.2 Å². The highest BCUT2D eigenvalue weighted by Gasteiger charge is 2.17. The second-order valence-corrected chi connectivity index (χ2v) is 5.76. The Bertz CT molecular complexity index is 404. The number of nitrogens with two attached hydrogens (primary N) is 1. The van der Waals surface area contributed by atoms with E-state index in [1.165, 1.54) is 16.8 Å². The normalized spacial score (nSPS) is 14.1. The summed E-state index contributed by atoms with van der Waals surface area (Å²) in [6.07, 6.45) is 2.03. The van der Waals surface area contributed by atoms with Gasteiger partial charge in [0, 0.05) is 31.4 Å². The summed E-state index contributed by atoms with van der Waals surface area (Å²) in [5.74, 6) is 0. The van der Waals surface area contributed by atoms with E-state index in [1.54, 1.807) is 7.11 Å². The van der Waals surface area contributed by atoms with Crippen molar-refractivity contribution in [1.82, 2.24) is 0 Å². The van der Waals surface area contributed by atoms with Gasteiger partial charge in [-0.1, -0.05) is 24.6 Å². The smallest absolute Gasteiger partial charge is 0.0637 e. The molecule has 114 valence electrons. The number of hydrogen-bond donors (Lipinski definition) is 1. The Labute approximate surface area is 124 Å². The van der Waals surface area contributed by atoms with Gasteiger partial charge in [-0.25, -0.2) is 0 Å². The van der Waals surface area contributed by atoms with E-state index in [-0.39, 0.29) is 6.04 Å². The Morgan fingerprint density at radius 1 is 1.30 bits per heavy atom. The zero-order valence-corrected chi connectivity index (χ0v) is 13.6. The first-order valence-electron chi connectivity index (χ1n) is 7.60. The van der Waals surface area contributed by atoms with Crippen molar-refractivity contribution in [3.8, 4) is 0 Å². The SMILES string of the molecule is CCC(C)N(CCOC)c1ccc(C)cc1CC(C)N. The van der Waals surface area contributed by atoms with Gasteiger partial charge in [0.15, 0.2) is 0 Å². The van der Waals surface area contributed by atoms with Crippen LogP contribution in [0.2, 0.25) is 0 Å². The van der Waals surface area contributed by atoms with Crippen molar-refractivity contribution in [2.45, 2.75) is 52.6 Å². The van der Waals surface area contributed by atoms with Gasteiger partial charge in [-0.2, -0.15) is 0 Å². The van der Waals surface area contributed by atoms with Crippen molar-refractivity contribution >= 4 is 5.69 Å². The molecule has 0 fully saturated rings. The molecule has 0 heterocycles. The predicted molar refractivity (Wildman–Crippen MR) is 87.5 cm³/mol. The predicted octanol–water partition coefficient (Wildman–Crippen LogP) is 3.14. The lowest BCUT2D eigenvalue weighted by molar-refractivity contribution is 0.203. The van der Waals surface area contributed by atoms with Crippen LogP contribution in [-0.4, -0.2) is 32.3 Å². The van der Waals surface area contributed by atoms with E-state index in [9.17, 15) is 0 Å². The van der Waals surface area contributed by atoms with Crippen LogP contribution < -0.4 is 10.6 Å². The average Bonchev–Trinajstić information content (AvgIpc) is 2.40. The molecule has 0 bridgehead atoms. The van der Waals surface area contributed by atoms with Gasteiger partial charge in [0.05, 0.1) is 6.61 Å². The van der Waals surface area contributed by atoms with Crippen molar-refractivity contribution < 1.29 is 4.74 Å². The van der Waals surface area contributed by atoms with Gasteiger partial charge in [-0.15, -0.1) is 0 Å². The Balaban J connectivity index is 3.09. The summed E-state index contributed by atoms with van der Waals surface area (Å²) in [7, 11) is 1.76. The Hall–Kier alpha value is -1.06. The summed E-state index contributed by atoms with van der Waals surface area (Å²) in [5.41, 5.74) is 9.95. The maximum Gasteiger partial charge on any atom is 0.0637 e. The van der Waals surface area contributed by atoms with E-state index >= 15 is 0 Å². The monoisotopic (exact) mass is 278 g/mol. The molecule has 0 aromatic heterocycles. The number of aryl methyl sites for hydroxylation is 1. The highest BCUT2D eigenvalue weighted by Crippen LogP contribution is 2.26. The van der Waals surface area contributed by atoms with Crippen LogP contribution in [0.25, 0.3) is 0 Å². The van der Waals surface area contributed by atoms with Crippen LogP contribution in [-0.2, 0) is 11.2 Å². The maximum atomic E-state index is 6.01. The molecule has 0 spiro atoms. The third-order valence-electron chi connectivity index (χ3n) is 3.75. The van der Waals surface area contributed by atoms with Gasteiger partial charge in [0.25, 0.3) is 0 Å². The third-order valence-corrected chi connectivity index (χ3v) is 3.75. The molecule has 0 amide bonds. The number of methoxy groups -OCH3 is 1. The number of benzene rings is 1. The molecule has 1 aromatic carbocycles. The van der Waals surface area contributed by atoms with Gasteiger partial charge >= 0.3 is 0 Å². The number of nitrogens with zero attached hydrogens (tertiary/aromatic N) is 1. The van der Waals surface area contributed by atoms with Crippen molar-refractivity contribution in [3.05, 3.63) is 29.3 Å². The van der Waals surface area contributed by atoms with E-state index < -0.39 is 0 Å². The lowest BCUT2D eigenvalue weighted by Gasteiger charge is -2.33. The average molecular weight is 278 g/mol. The molecule has 2 N–H and O–H groups in total. The maximum absolute atomic E-state index is 6.01. The zero-order chi connectivity index (χ0) is 15.1. The van der Waals surface area contributed by atoms with Crippen LogP contribution in [0.5, 0.6) is 0 Å². The third kappa shape index (κ3) is 4.80. The number of ether oxygens (including phenoxy) is 1. The van der Waals surface area contributed by atoms with E-state index in [2.05, 4.69) is 50.8 Å². The van der Waals surface area contributed by atoms with E-state index in [4.69, 9.17) is 10.5 Å². The highest BCUT2D eigenvalue weighted by molar-refractivity contribution is 5.56. The molecule has 3 nitrogen and oxygen atoms in total. The largest absolute Gasteiger partial charge is 0.383 e. The molecule has 20 heavy (non-hydrogen) atoms. The van der Waals surface area contributed by atoms with Gasteiger partial charge < -0.3 is 15.4 Å². The van der Waals surface area contributed by atoms with Crippen LogP contribution in [0.4, 0.5) is 5.69 Å². The zero-order valence-electron chi connectivity index (χ0n) is 13.6. The van der Waals surface area contributed by atoms with Crippen LogP contribution >= 0.6 is 0 Å². The molecule has 0 aliphatic rings. The molecule has 1 rings (SSSR count). The molecular formula is C17H30N2O. The summed E-state index contributed by atoms with van der Waals surface area (Å²) in [6.45, 7) is 10.4. The van der Waals surface area contributed by atoms with E-state index in [0.29, 0.717) is 6.04 Å². The second kappa shape index (κ2) is 8.28. The van der Waals surface area contributed by atoms with E-state index in [0.717, 1.165) is 26.0 Å². The summed E-state index contributed by atoms with van der Waals surface area (Å²) in [4.78, 5) is 2.45. The Kier molecular flexibility index (Phi) is 7.03. The molecule has 0 aliphatic heterocycles. The fraction of sp³-hybridized carbons (Fsp3) is 0.647. The molecule has 0 saturated heterocycles. The van der Waals surface area contributed by atoms with Gasteiger partial charge in [0.2, 0.25) is 0 Å². The van der Waals surface area contributed by atoms with Gasteiger partial charge in [-0.3, -0.25) is 0 Å². The summed E-state index contributed by atoms with van der Waals surface area (Å²) < 4.78 is 5.27. The standard InChI is InChI=1S/C17H30N2O/c1-6-15(4)19(9-10-20-5)17-8-7-13(2)11-16(17)12-14(3)18/h7-8,11,14-15H,6,9-10,12,18H2,1-5H3. The summed E-state index contributed by atoms with van der Waals surface area (Å²) in [5, 5.41) is 0. The molecule has 3 heteroatoms. The lowest BCUT2D eigenvalue weighted by atomic mass is 10.0. The lowest BCUT2D eigenvalue weighted by Crippen LogP contribution is -2.36. The molecular weight excluding hydrogens is 248 g/mol. The minimum Gasteiger partial charge on any atom is -0.383 e. The minimum absolute atomic E-state index is 0.178. The molecule has 0 aliphatic carbocycles. The van der Waals surface area contributed by atoms with Crippen LogP contribution in [0.3, 0.4) is 0 Å². The number of anilines is 1. The Morgan fingerprint density at radius 3 is 2.55 bits per heavy atom. The fourth-order valence-electron chi connectivity index (χ4n) is 2.49. The first-order valence-corrected chi connectivity index (χ1v) is 7.60. The molecule has 0 radical (unpaired) electrons. The van der Waals surface area contributed by atoms with E-state index in [1.807, 2.05) is 0 Å². The van der Waals surface area contributed by atoms with Crippen LogP contribution in [0.15, 0.2) is 18.2 Å². The molecule has 2 unspecified atom stereocenters. The van der Waals surface area contributed by atoms with Crippen molar-refractivity contribution in [2.24, 2.45) is 5.73 Å². The molecule has 2 atom stereocenters. The van der Waals surface area contributed by atoms with Crippen molar-refractivity contribution in [3.63, 3.8) is 0 Å². The fourth-order valence-corrected chi connectivity index (χ4v) is 2.49. The number of hydrogen-bond acceptors (Lipinski definition) is 3. The Morgan fingerprint density at radius 2 is 2.00 bits per heavy atom. The van der Waals surface area contributed by atoms with Crippen LogP contribution in [0.1, 0.15) is 38.3 Å². The summed E-state index contributed by atoms with van der Waals surface area (Å²) >= 11 is 0. The first-order chi connectivity index (χ1) is 9.49. The second-order valence-electron chi connectivity index (χ2n) is 5.76. The van der Waals surface area contributed by atoms with Crippen molar-refractivity contribution in [1.29, 1.82) is 0 Å². The molecule has 1 aromatic rings. The van der Waals surface area contributed by atoms with Crippen molar-refractivity contribution in [2.75, 3.05) is 25.2 Å².